The van der Waals surface area contributed by atoms with Gasteiger partial charge in [-0.05, 0) is 38.8 Å². The van der Waals surface area contributed by atoms with Gasteiger partial charge in [0, 0.05) is 19.7 Å². The summed E-state index contributed by atoms with van der Waals surface area (Å²) >= 11 is 0. The molecule has 0 radical (unpaired) electrons. The molecule has 0 aliphatic heterocycles. The number of likely N-dealkylation sites (N-methyl/N-ethyl adjacent to an activating group) is 1. The van der Waals surface area contributed by atoms with Gasteiger partial charge in [0.05, 0.1) is 6.61 Å². The monoisotopic (exact) mass is 200 g/mol. The van der Waals surface area contributed by atoms with E-state index in [1.54, 1.807) is 7.11 Å². The van der Waals surface area contributed by atoms with Crippen molar-refractivity contribution in [3.8, 4) is 0 Å². The average Bonchev–Trinajstić information content (AvgIpc) is 2.11. The minimum atomic E-state index is 0.413. The summed E-state index contributed by atoms with van der Waals surface area (Å²) in [4.78, 5) is 2.37. The molecule has 1 fully saturated rings. The first kappa shape index (κ1) is 12.0. The highest BCUT2D eigenvalue weighted by molar-refractivity contribution is 4.91. The lowest BCUT2D eigenvalue weighted by molar-refractivity contribution is 0.0445. The zero-order valence-corrected chi connectivity index (χ0v) is 9.75. The molecule has 1 aliphatic carbocycles. The molecule has 1 saturated carbocycles. The fourth-order valence-corrected chi connectivity index (χ4v) is 2.16. The summed E-state index contributed by atoms with van der Waals surface area (Å²) in [6.07, 6.45) is 3.95. The molecule has 14 heavy (non-hydrogen) atoms. The molecule has 3 heteroatoms. The minimum absolute atomic E-state index is 0.413. The van der Waals surface area contributed by atoms with Crippen LogP contribution in [0.4, 0.5) is 0 Å². The summed E-state index contributed by atoms with van der Waals surface area (Å²) < 4.78 is 5.15. The number of methoxy groups -OCH3 is 1. The molecule has 0 aromatic carbocycles. The van der Waals surface area contributed by atoms with Gasteiger partial charge in [-0.2, -0.15) is 0 Å². The molecule has 0 aromatic heterocycles. The van der Waals surface area contributed by atoms with E-state index in [9.17, 15) is 0 Å². The van der Waals surface area contributed by atoms with E-state index in [1.165, 1.54) is 19.3 Å². The van der Waals surface area contributed by atoms with Gasteiger partial charge in [-0.1, -0.05) is 6.42 Å². The first-order valence-electron chi connectivity index (χ1n) is 5.53. The minimum Gasteiger partial charge on any atom is -0.383 e. The lowest BCUT2D eigenvalue weighted by Gasteiger charge is -2.44. The van der Waals surface area contributed by atoms with Crippen LogP contribution in [0.15, 0.2) is 0 Å². The number of hydrogen-bond acceptors (Lipinski definition) is 3. The summed E-state index contributed by atoms with van der Waals surface area (Å²) in [5.41, 5.74) is 6.25. The molecule has 0 bridgehead atoms. The molecular weight excluding hydrogens is 176 g/mol. The van der Waals surface area contributed by atoms with Crippen molar-refractivity contribution in [3.05, 3.63) is 0 Å². The highest BCUT2D eigenvalue weighted by Gasteiger charge is 2.36. The van der Waals surface area contributed by atoms with Crippen LogP contribution in [0.5, 0.6) is 0 Å². The zero-order chi connectivity index (χ0) is 10.6. The lowest BCUT2D eigenvalue weighted by atomic mass is 9.68. The van der Waals surface area contributed by atoms with Crippen molar-refractivity contribution in [1.29, 1.82) is 0 Å². The molecule has 1 unspecified atom stereocenters. The van der Waals surface area contributed by atoms with Crippen LogP contribution >= 0.6 is 0 Å². The number of ether oxygens (including phenoxy) is 1. The smallest absolute Gasteiger partial charge is 0.0615 e. The van der Waals surface area contributed by atoms with Crippen LogP contribution in [0.25, 0.3) is 0 Å². The number of rotatable bonds is 6. The fraction of sp³-hybridized carbons (Fsp3) is 1.00. The average molecular weight is 200 g/mol. The molecule has 0 spiro atoms. The largest absolute Gasteiger partial charge is 0.383 e. The standard InChI is InChI=1S/C11H24N2O/c1-10(7-14-3)13(2)9-11(8-12)5-4-6-11/h10H,4-9,12H2,1-3H3. The molecule has 84 valence electrons. The van der Waals surface area contributed by atoms with Crippen LogP contribution in [0.3, 0.4) is 0 Å². The highest BCUT2D eigenvalue weighted by atomic mass is 16.5. The lowest BCUT2D eigenvalue weighted by Crippen LogP contribution is -2.48. The van der Waals surface area contributed by atoms with Gasteiger partial charge in [0.2, 0.25) is 0 Å². The van der Waals surface area contributed by atoms with Crippen LogP contribution in [-0.4, -0.2) is 44.8 Å². The predicted molar refractivity (Wildman–Crippen MR) is 59.3 cm³/mol. The van der Waals surface area contributed by atoms with Gasteiger partial charge < -0.3 is 15.4 Å². The van der Waals surface area contributed by atoms with Gasteiger partial charge in [-0.15, -0.1) is 0 Å². The Bertz CT molecular complexity index is 163. The Balaban J connectivity index is 2.34. The van der Waals surface area contributed by atoms with Gasteiger partial charge in [0.25, 0.3) is 0 Å². The van der Waals surface area contributed by atoms with Crippen molar-refractivity contribution >= 4 is 0 Å². The van der Waals surface area contributed by atoms with Gasteiger partial charge in [0.15, 0.2) is 0 Å². The maximum Gasteiger partial charge on any atom is 0.0615 e. The quantitative estimate of drug-likeness (QED) is 0.697. The second kappa shape index (κ2) is 5.10. The van der Waals surface area contributed by atoms with Crippen molar-refractivity contribution < 1.29 is 4.74 Å². The second-order valence-corrected chi connectivity index (χ2v) is 4.78. The number of nitrogens with zero attached hydrogens (tertiary/aromatic N) is 1. The third-order valence-corrected chi connectivity index (χ3v) is 3.59. The molecular formula is C11H24N2O. The van der Waals surface area contributed by atoms with E-state index in [2.05, 4.69) is 18.9 Å². The molecule has 1 rings (SSSR count). The van der Waals surface area contributed by atoms with Crippen LogP contribution in [0, 0.1) is 5.41 Å². The first-order valence-corrected chi connectivity index (χ1v) is 5.53. The van der Waals surface area contributed by atoms with Gasteiger partial charge in [-0.25, -0.2) is 0 Å². The summed E-state index contributed by atoms with van der Waals surface area (Å²) in [5.74, 6) is 0. The Kier molecular flexibility index (Phi) is 4.35. The Labute approximate surface area is 87.6 Å². The van der Waals surface area contributed by atoms with Crippen LogP contribution < -0.4 is 5.73 Å². The van der Waals surface area contributed by atoms with Crippen molar-refractivity contribution in [2.75, 3.05) is 33.9 Å². The number of nitrogens with two attached hydrogens (primary N) is 1. The Morgan fingerprint density at radius 1 is 1.50 bits per heavy atom. The highest BCUT2D eigenvalue weighted by Crippen LogP contribution is 2.40. The summed E-state index contributed by atoms with van der Waals surface area (Å²) in [6.45, 7) is 4.95. The molecule has 3 nitrogen and oxygen atoms in total. The Hall–Kier alpha value is -0.120. The van der Waals surface area contributed by atoms with Gasteiger partial charge >= 0.3 is 0 Å². The maximum atomic E-state index is 5.83. The van der Waals surface area contributed by atoms with E-state index < -0.39 is 0 Å². The first-order chi connectivity index (χ1) is 6.63. The molecule has 2 N–H and O–H groups in total. The summed E-state index contributed by atoms with van der Waals surface area (Å²) in [7, 11) is 3.92. The van der Waals surface area contributed by atoms with Crippen LogP contribution in [0.2, 0.25) is 0 Å². The topological polar surface area (TPSA) is 38.5 Å². The van der Waals surface area contributed by atoms with E-state index in [0.29, 0.717) is 11.5 Å². The molecule has 1 atom stereocenters. The van der Waals surface area contributed by atoms with Crippen molar-refractivity contribution in [2.24, 2.45) is 11.1 Å². The summed E-state index contributed by atoms with van der Waals surface area (Å²) in [5, 5.41) is 0. The van der Waals surface area contributed by atoms with Gasteiger partial charge in [0.1, 0.15) is 0 Å². The maximum absolute atomic E-state index is 5.83. The Morgan fingerprint density at radius 2 is 2.14 bits per heavy atom. The molecule has 0 heterocycles. The van der Waals surface area contributed by atoms with E-state index in [0.717, 1.165) is 19.7 Å². The zero-order valence-electron chi connectivity index (χ0n) is 9.75. The number of hydrogen-bond donors (Lipinski definition) is 1. The normalized spacial score (nSPS) is 22.1. The van der Waals surface area contributed by atoms with Gasteiger partial charge in [-0.3, -0.25) is 0 Å². The van der Waals surface area contributed by atoms with E-state index in [4.69, 9.17) is 10.5 Å². The van der Waals surface area contributed by atoms with Crippen LogP contribution in [0.1, 0.15) is 26.2 Å². The molecule has 0 amide bonds. The molecule has 0 aromatic rings. The molecule has 1 aliphatic rings. The fourth-order valence-electron chi connectivity index (χ4n) is 2.16. The summed E-state index contributed by atoms with van der Waals surface area (Å²) in [6, 6.07) is 0.490. The van der Waals surface area contributed by atoms with E-state index in [-0.39, 0.29) is 0 Å². The van der Waals surface area contributed by atoms with E-state index >= 15 is 0 Å². The van der Waals surface area contributed by atoms with Crippen molar-refractivity contribution in [2.45, 2.75) is 32.2 Å². The Morgan fingerprint density at radius 3 is 2.50 bits per heavy atom. The second-order valence-electron chi connectivity index (χ2n) is 4.78. The van der Waals surface area contributed by atoms with E-state index in [1.807, 2.05) is 0 Å². The predicted octanol–water partition coefficient (Wildman–Crippen LogP) is 1.08. The van der Waals surface area contributed by atoms with Crippen LogP contribution in [-0.2, 0) is 4.74 Å². The van der Waals surface area contributed by atoms with Crippen molar-refractivity contribution in [3.63, 3.8) is 0 Å². The molecule has 0 saturated heterocycles. The third kappa shape index (κ3) is 2.69. The SMILES string of the molecule is COCC(C)N(C)CC1(CN)CCC1. The third-order valence-electron chi connectivity index (χ3n) is 3.59. The van der Waals surface area contributed by atoms with Crippen molar-refractivity contribution in [1.82, 2.24) is 4.90 Å².